The fraction of sp³-hybridized carbons (Fsp3) is 0.207. The van der Waals surface area contributed by atoms with Crippen molar-refractivity contribution in [2.75, 3.05) is 11.9 Å². The molecule has 0 fully saturated rings. The van der Waals surface area contributed by atoms with Crippen molar-refractivity contribution in [3.8, 4) is 0 Å². The largest absolute Gasteiger partial charge is 0.358 e. The third kappa shape index (κ3) is 5.95. The van der Waals surface area contributed by atoms with E-state index in [4.69, 9.17) is 23.2 Å². The van der Waals surface area contributed by atoms with Crippen LogP contribution in [0.15, 0.2) is 60.0 Å². The molecule has 2 amide bonds. The quantitative estimate of drug-likeness (QED) is 0.172. The van der Waals surface area contributed by atoms with Gasteiger partial charge in [0.25, 0.3) is 11.8 Å². The molecule has 0 spiro atoms. The normalized spacial score (nSPS) is 13.9. The summed E-state index contributed by atoms with van der Waals surface area (Å²) in [6, 6.07) is 9.29. The van der Waals surface area contributed by atoms with Crippen molar-refractivity contribution in [2.24, 2.45) is 0 Å². The number of anilines is 1. The predicted octanol–water partition coefficient (Wildman–Crippen LogP) is 5.42. The predicted molar refractivity (Wildman–Crippen MR) is 160 cm³/mol. The Bertz CT molecular complexity index is 1770. The van der Waals surface area contributed by atoms with Crippen LogP contribution >= 0.6 is 23.2 Å². The minimum absolute atomic E-state index is 0.0322. The van der Waals surface area contributed by atoms with E-state index < -0.39 is 9.84 Å². The number of nitrogens with one attached hydrogen (secondary N) is 3. The van der Waals surface area contributed by atoms with Gasteiger partial charge in [0.05, 0.1) is 28.1 Å². The van der Waals surface area contributed by atoms with E-state index in [0.29, 0.717) is 45.9 Å². The summed E-state index contributed by atoms with van der Waals surface area (Å²) < 4.78 is 28.6. The number of benzene rings is 2. The Morgan fingerprint density at radius 2 is 1.90 bits per heavy atom. The van der Waals surface area contributed by atoms with Crippen molar-refractivity contribution in [2.45, 2.75) is 37.5 Å². The van der Waals surface area contributed by atoms with Crippen LogP contribution < -0.4 is 10.6 Å². The van der Waals surface area contributed by atoms with Crippen LogP contribution in [0.1, 0.15) is 44.9 Å². The zero-order valence-corrected chi connectivity index (χ0v) is 24.6. The molecule has 5 rings (SSSR count). The lowest BCUT2D eigenvalue weighted by molar-refractivity contribution is -0.110. The highest BCUT2D eigenvalue weighted by Crippen LogP contribution is 2.37. The molecular weight excluding hydrogens is 585 g/mol. The van der Waals surface area contributed by atoms with Gasteiger partial charge in [-0.15, -0.1) is 0 Å². The van der Waals surface area contributed by atoms with Crippen molar-refractivity contribution < 1.29 is 18.0 Å². The van der Waals surface area contributed by atoms with Crippen LogP contribution in [0.25, 0.3) is 11.6 Å². The fourth-order valence-corrected chi connectivity index (χ4v) is 6.94. The van der Waals surface area contributed by atoms with Gasteiger partial charge in [0.1, 0.15) is 0 Å². The lowest BCUT2D eigenvalue weighted by atomic mass is 10.0. The maximum atomic E-state index is 13.3. The molecule has 212 valence electrons. The molecule has 2 aromatic carbocycles. The minimum atomic E-state index is -3.84. The van der Waals surface area contributed by atoms with E-state index in [2.05, 4.69) is 20.6 Å². The van der Waals surface area contributed by atoms with Gasteiger partial charge < -0.3 is 20.2 Å². The number of aromatic amines is 1. The second-order valence-corrected chi connectivity index (χ2v) is 12.6. The standard InChI is InChI=1S/C29H27Cl2N5O4S/c1-17-26(34-18(2)27(17)29(38)33-9-4-11-36-12-10-32-16-36)14-21-20-13-19(7-8-25(20)35-28(21)37)41(39,40)15-22-23(30)5-3-6-24(22)31/h3,5-8,10,12-14,16,34H,4,9,11,15H2,1-2H3,(H,33,38)(H,35,37). The lowest BCUT2D eigenvalue weighted by Gasteiger charge is -2.10. The number of aryl methyl sites for hydroxylation is 2. The SMILES string of the molecule is Cc1[nH]c(C=C2C(=O)Nc3ccc(S(=O)(=O)Cc4c(Cl)cccc4Cl)cc32)c(C)c1C(=O)NCCCn1ccnc1. The topological polar surface area (TPSA) is 126 Å². The lowest BCUT2D eigenvalue weighted by Crippen LogP contribution is -2.26. The summed E-state index contributed by atoms with van der Waals surface area (Å²) in [5.41, 5.74) is 3.96. The molecule has 1 aliphatic heterocycles. The first-order valence-corrected chi connectivity index (χ1v) is 15.2. The number of carbonyl (C=O) groups excluding carboxylic acids is 2. The number of imidazole rings is 1. The van der Waals surface area contributed by atoms with Crippen molar-refractivity contribution in [3.05, 3.63) is 98.8 Å². The number of nitrogens with zero attached hydrogens (tertiary/aromatic N) is 2. The summed E-state index contributed by atoms with van der Waals surface area (Å²) >= 11 is 12.4. The third-order valence-electron chi connectivity index (χ3n) is 6.96. The highest BCUT2D eigenvalue weighted by Gasteiger charge is 2.28. The maximum Gasteiger partial charge on any atom is 0.256 e. The van der Waals surface area contributed by atoms with Gasteiger partial charge in [-0.25, -0.2) is 13.4 Å². The van der Waals surface area contributed by atoms with Gasteiger partial charge in [0.2, 0.25) is 0 Å². The summed E-state index contributed by atoms with van der Waals surface area (Å²) in [6.07, 6.45) is 7.69. The molecule has 0 saturated carbocycles. The van der Waals surface area contributed by atoms with E-state index in [1.165, 1.54) is 12.1 Å². The van der Waals surface area contributed by atoms with Crippen molar-refractivity contribution in [1.82, 2.24) is 19.9 Å². The van der Waals surface area contributed by atoms with E-state index >= 15 is 0 Å². The number of H-pyrrole nitrogens is 1. The van der Waals surface area contributed by atoms with E-state index in [0.717, 1.165) is 13.0 Å². The Kier molecular flexibility index (Phi) is 8.08. The van der Waals surface area contributed by atoms with Gasteiger partial charge in [0, 0.05) is 63.7 Å². The van der Waals surface area contributed by atoms with Crippen LogP contribution in [-0.4, -0.2) is 41.3 Å². The van der Waals surface area contributed by atoms with Gasteiger partial charge in [-0.2, -0.15) is 0 Å². The number of halogens is 2. The number of amides is 2. The van der Waals surface area contributed by atoms with Gasteiger partial charge >= 0.3 is 0 Å². The highest BCUT2D eigenvalue weighted by atomic mass is 35.5. The van der Waals surface area contributed by atoms with E-state index in [9.17, 15) is 18.0 Å². The fourth-order valence-electron chi connectivity index (χ4n) is 4.82. The molecule has 1 aliphatic rings. The van der Waals surface area contributed by atoms with Crippen LogP contribution in [-0.2, 0) is 26.9 Å². The highest BCUT2D eigenvalue weighted by molar-refractivity contribution is 7.90. The van der Waals surface area contributed by atoms with Gasteiger partial charge in [-0.1, -0.05) is 29.3 Å². The van der Waals surface area contributed by atoms with Crippen LogP contribution in [0.4, 0.5) is 5.69 Å². The molecule has 0 aliphatic carbocycles. The second-order valence-electron chi connectivity index (χ2n) is 9.75. The molecular formula is C29H27Cl2N5O4S. The van der Waals surface area contributed by atoms with Crippen molar-refractivity contribution in [3.63, 3.8) is 0 Å². The molecule has 0 radical (unpaired) electrons. The molecule has 41 heavy (non-hydrogen) atoms. The summed E-state index contributed by atoms with van der Waals surface area (Å²) in [4.78, 5) is 33.1. The van der Waals surface area contributed by atoms with Crippen LogP contribution in [0.3, 0.4) is 0 Å². The molecule has 3 N–H and O–H groups in total. The zero-order valence-electron chi connectivity index (χ0n) is 22.3. The van der Waals surface area contributed by atoms with Crippen molar-refractivity contribution in [1.29, 1.82) is 0 Å². The summed E-state index contributed by atoms with van der Waals surface area (Å²) in [5.74, 6) is -0.976. The van der Waals surface area contributed by atoms with Gasteiger partial charge in [-0.05, 0) is 62.2 Å². The minimum Gasteiger partial charge on any atom is -0.358 e. The molecule has 0 unspecified atom stereocenters. The van der Waals surface area contributed by atoms with E-state index in [-0.39, 0.29) is 38.1 Å². The van der Waals surface area contributed by atoms with E-state index in [1.54, 1.807) is 56.7 Å². The molecule has 4 aromatic rings. The molecule has 9 nitrogen and oxygen atoms in total. The summed E-state index contributed by atoms with van der Waals surface area (Å²) in [6.45, 7) is 4.82. The molecule has 0 atom stereocenters. The number of aromatic nitrogens is 3. The molecule has 12 heteroatoms. The number of fused-ring (bicyclic) bond motifs is 1. The zero-order chi connectivity index (χ0) is 29.3. The maximum absolute atomic E-state index is 13.3. The average Bonchev–Trinajstić information content (AvgIpc) is 3.62. The summed E-state index contributed by atoms with van der Waals surface area (Å²) in [7, 11) is -3.84. The Morgan fingerprint density at radius 3 is 2.61 bits per heavy atom. The molecule has 0 bridgehead atoms. The average molecular weight is 613 g/mol. The van der Waals surface area contributed by atoms with Crippen LogP contribution in [0.2, 0.25) is 10.0 Å². The monoisotopic (exact) mass is 611 g/mol. The second kappa shape index (κ2) is 11.6. The first-order valence-electron chi connectivity index (χ1n) is 12.8. The van der Waals surface area contributed by atoms with E-state index in [1.807, 2.05) is 10.8 Å². The molecule has 3 heterocycles. The van der Waals surface area contributed by atoms with Crippen LogP contribution in [0, 0.1) is 13.8 Å². The number of hydrogen-bond acceptors (Lipinski definition) is 5. The van der Waals surface area contributed by atoms with Gasteiger partial charge in [0.15, 0.2) is 9.84 Å². The molecule has 0 saturated heterocycles. The summed E-state index contributed by atoms with van der Waals surface area (Å²) in [5, 5.41) is 6.25. The number of sulfone groups is 1. The van der Waals surface area contributed by atoms with Crippen LogP contribution in [0.5, 0.6) is 0 Å². The van der Waals surface area contributed by atoms with Gasteiger partial charge in [-0.3, -0.25) is 9.59 Å². The van der Waals surface area contributed by atoms with Crippen molar-refractivity contribution >= 4 is 62.2 Å². The third-order valence-corrected chi connectivity index (χ3v) is 9.31. The Labute approximate surface area is 247 Å². The first-order chi connectivity index (χ1) is 19.5. The molecule has 2 aromatic heterocycles. The first kappa shape index (κ1) is 28.7. The number of carbonyl (C=O) groups is 2. The number of hydrogen-bond donors (Lipinski definition) is 3. The smallest absolute Gasteiger partial charge is 0.256 e. The Balaban J connectivity index is 1.39. The Hall–Kier alpha value is -3.86. The Morgan fingerprint density at radius 1 is 1.15 bits per heavy atom. The number of rotatable bonds is 9.